The maximum absolute atomic E-state index is 12.0. The van der Waals surface area contributed by atoms with Crippen molar-refractivity contribution in [2.45, 2.75) is 81.1 Å². The van der Waals surface area contributed by atoms with Crippen LogP contribution < -0.4 is 4.74 Å². The van der Waals surface area contributed by atoms with Crippen LogP contribution in [0, 0.1) is 16.7 Å². The van der Waals surface area contributed by atoms with Crippen molar-refractivity contribution < 1.29 is 24.1 Å². The van der Waals surface area contributed by atoms with Crippen LogP contribution in [0.1, 0.15) is 68.2 Å². The first kappa shape index (κ1) is 21.1. The molecule has 3 heterocycles. The molecule has 1 aromatic carbocycles. The van der Waals surface area contributed by atoms with Gasteiger partial charge in [-0.15, -0.1) is 0 Å². The lowest BCUT2D eigenvalue weighted by Crippen LogP contribution is -2.83. The van der Waals surface area contributed by atoms with Gasteiger partial charge in [0.2, 0.25) is 0 Å². The maximum Gasteiger partial charge on any atom is 0.165 e. The Morgan fingerprint density at radius 2 is 2.06 bits per heavy atom. The molecule has 0 radical (unpaired) electrons. The Hall–Kier alpha value is -2.02. The number of benzene rings is 1. The number of fused-ring (bicyclic) bond motifs is 2. The molecule has 2 aliphatic heterocycles. The van der Waals surface area contributed by atoms with Gasteiger partial charge in [0.15, 0.2) is 11.5 Å². The van der Waals surface area contributed by atoms with E-state index in [1.54, 1.807) is 19.6 Å². The summed E-state index contributed by atoms with van der Waals surface area (Å²) < 4.78 is 18.9. The number of phenols is 1. The van der Waals surface area contributed by atoms with Crippen LogP contribution in [-0.4, -0.2) is 53.1 Å². The van der Waals surface area contributed by atoms with E-state index in [9.17, 15) is 10.2 Å². The van der Waals surface area contributed by atoms with Gasteiger partial charge in [0.1, 0.15) is 11.7 Å². The SMILES string of the molecule is CO[C@]12CC[C@@]3(C[C@]1(C)[C@H](O)c1ccoc1)[C@H]1Cc4ccc(O)c5c4[C@@]3(CCN1CC1CC1)[C@H]2O5. The number of hydrogen-bond acceptors (Lipinski definition) is 6. The van der Waals surface area contributed by atoms with Gasteiger partial charge in [-0.25, -0.2) is 0 Å². The topological polar surface area (TPSA) is 75.3 Å². The molecule has 2 aromatic rings. The van der Waals surface area contributed by atoms with E-state index in [0.29, 0.717) is 11.8 Å². The highest BCUT2D eigenvalue weighted by Gasteiger charge is 2.84. The number of piperidine rings is 1. The zero-order chi connectivity index (χ0) is 23.8. The molecular weight excluding hydrogens is 442 g/mol. The number of ether oxygens (including phenoxy) is 2. The van der Waals surface area contributed by atoms with E-state index >= 15 is 0 Å². The molecule has 1 aromatic heterocycles. The summed E-state index contributed by atoms with van der Waals surface area (Å²) in [4.78, 5) is 2.80. The molecule has 9 rings (SSSR count). The van der Waals surface area contributed by atoms with Crippen molar-refractivity contribution in [2.24, 2.45) is 16.7 Å². The number of nitrogens with zero attached hydrogens (tertiary/aromatic N) is 1. The first-order valence-electron chi connectivity index (χ1n) is 13.4. The highest BCUT2D eigenvalue weighted by atomic mass is 16.6. The Balaban J connectivity index is 1.38. The third kappa shape index (κ3) is 2.17. The normalized spacial score (nSPS) is 43.6. The van der Waals surface area contributed by atoms with Crippen LogP contribution in [0.5, 0.6) is 11.5 Å². The van der Waals surface area contributed by atoms with E-state index in [2.05, 4.69) is 17.9 Å². The minimum Gasteiger partial charge on any atom is -0.504 e. The molecule has 5 aliphatic carbocycles. The van der Waals surface area contributed by atoms with Crippen molar-refractivity contribution in [3.8, 4) is 11.5 Å². The molecule has 4 saturated carbocycles. The Morgan fingerprint density at radius 3 is 2.80 bits per heavy atom. The molecule has 0 unspecified atom stereocenters. The summed E-state index contributed by atoms with van der Waals surface area (Å²) in [6, 6.07) is 6.26. The number of aromatic hydroxyl groups is 1. The highest BCUT2D eigenvalue weighted by molar-refractivity contribution is 5.63. The Kier molecular flexibility index (Phi) is 3.89. The number of methoxy groups -OCH3 is 1. The van der Waals surface area contributed by atoms with Gasteiger partial charge >= 0.3 is 0 Å². The monoisotopic (exact) mass is 477 g/mol. The fourth-order valence-electron chi connectivity index (χ4n) is 10.0. The average Bonchev–Trinajstić information content (AvgIpc) is 3.35. The molecule has 7 atom stereocenters. The number of likely N-dealkylation sites (tertiary alicyclic amines) is 1. The zero-order valence-corrected chi connectivity index (χ0v) is 20.6. The molecule has 2 spiro atoms. The van der Waals surface area contributed by atoms with Gasteiger partial charge in [-0.3, -0.25) is 4.90 Å². The summed E-state index contributed by atoms with van der Waals surface area (Å²) in [5, 5.41) is 22.9. The van der Waals surface area contributed by atoms with E-state index in [-0.39, 0.29) is 22.7 Å². The molecule has 4 bridgehead atoms. The second-order valence-corrected chi connectivity index (χ2v) is 12.6. The van der Waals surface area contributed by atoms with E-state index in [1.165, 1.54) is 30.5 Å². The number of phenolic OH excluding ortho intramolecular Hbond substituents is 1. The molecule has 6 nitrogen and oxygen atoms in total. The Morgan fingerprint density at radius 1 is 1.20 bits per heavy atom. The van der Waals surface area contributed by atoms with Gasteiger partial charge in [0, 0.05) is 47.1 Å². The zero-order valence-electron chi connectivity index (χ0n) is 20.6. The van der Waals surface area contributed by atoms with Crippen molar-refractivity contribution in [3.63, 3.8) is 0 Å². The third-order valence-electron chi connectivity index (χ3n) is 11.6. The molecular formula is C29H35NO5. The maximum atomic E-state index is 12.0. The lowest BCUT2D eigenvalue weighted by molar-refractivity contribution is -0.324. The summed E-state index contributed by atoms with van der Waals surface area (Å²) in [6.45, 7) is 4.47. The van der Waals surface area contributed by atoms with Crippen LogP contribution in [0.4, 0.5) is 0 Å². The second kappa shape index (κ2) is 6.45. The summed E-state index contributed by atoms with van der Waals surface area (Å²) >= 11 is 0. The fourth-order valence-corrected chi connectivity index (χ4v) is 10.0. The van der Waals surface area contributed by atoms with Gasteiger partial charge in [-0.05, 0) is 75.1 Å². The van der Waals surface area contributed by atoms with E-state index in [4.69, 9.17) is 13.9 Å². The van der Waals surface area contributed by atoms with Gasteiger partial charge < -0.3 is 24.1 Å². The highest BCUT2D eigenvalue weighted by Crippen LogP contribution is 2.80. The molecule has 35 heavy (non-hydrogen) atoms. The van der Waals surface area contributed by atoms with Gasteiger partial charge in [-0.2, -0.15) is 0 Å². The van der Waals surface area contributed by atoms with E-state index in [1.807, 2.05) is 12.1 Å². The van der Waals surface area contributed by atoms with Crippen LogP contribution >= 0.6 is 0 Å². The molecule has 186 valence electrons. The molecule has 6 heteroatoms. The van der Waals surface area contributed by atoms with Gasteiger partial charge in [0.05, 0.1) is 18.6 Å². The first-order valence-corrected chi connectivity index (χ1v) is 13.4. The number of hydrogen-bond donors (Lipinski definition) is 2. The first-order chi connectivity index (χ1) is 16.9. The number of aliphatic hydroxyl groups excluding tert-OH is 1. The van der Waals surface area contributed by atoms with Gasteiger partial charge in [0.25, 0.3) is 0 Å². The minimum atomic E-state index is -0.726. The largest absolute Gasteiger partial charge is 0.504 e. The molecule has 2 N–H and O–H groups in total. The summed E-state index contributed by atoms with van der Waals surface area (Å²) in [5.41, 5.74) is 1.94. The molecule has 0 amide bonds. The summed E-state index contributed by atoms with van der Waals surface area (Å²) in [6.07, 6.45) is 9.85. The van der Waals surface area contributed by atoms with E-state index < -0.39 is 17.1 Å². The summed E-state index contributed by atoms with van der Waals surface area (Å²) in [5.74, 6) is 1.75. The smallest absolute Gasteiger partial charge is 0.165 e. The molecule has 5 fully saturated rings. The summed E-state index contributed by atoms with van der Waals surface area (Å²) in [7, 11) is 1.80. The molecule has 7 aliphatic rings. The van der Waals surface area contributed by atoms with Crippen LogP contribution in [-0.2, 0) is 16.6 Å². The predicted octanol–water partition coefficient (Wildman–Crippen LogP) is 4.33. The molecule has 1 saturated heterocycles. The Bertz CT molecular complexity index is 1210. The van der Waals surface area contributed by atoms with Crippen molar-refractivity contribution >= 4 is 0 Å². The lowest BCUT2D eigenvalue weighted by Gasteiger charge is -2.76. The van der Waals surface area contributed by atoms with Crippen molar-refractivity contribution in [1.29, 1.82) is 0 Å². The fraction of sp³-hybridized carbons (Fsp3) is 0.655. The second-order valence-electron chi connectivity index (χ2n) is 12.6. The van der Waals surface area contributed by atoms with Crippen LogP contribution in [0.3, 0.4) is 0 Å². The van der Waals surface area contributed by atoms with Crippen molar-refractivity contribution in [1.82, 2.24) is 4.90 Å². The van der Waals surface area contributed by atoms with Crippen molar-refractivity contribution in [3.05, 3.63) is 47.4 Å². The standard InChI is InChI=1S/C29H35NO5/c1-26(24(32)19-7-12-34-15-19)16-27-8-9-29(26,33-2)25-28(27)10-11-30(14-17-3-4-17)21(27)13-18-5-6-20(31)23(35-25)22(18)28/h5-7,12,15,17,21,24-25,31-32H,3-4,8-11,13-14,16H2,1-2H3/t21-,24-,25-,26-,27-,28+,29+/m1/s1. The van der Waals surface area contributed by atoms with Crippen LogP contribution in [0.2, 0.25) is 0 Å². The van der Waals surface area contributed by atoms with Crippen LogP contribution in [0.15, 0.2) is 35.1 Å². The number of aliphatic hydroxyl groups is 1. The quantitative estimate of drug-likeness (QED) is 0.668. The number of rotatable bonds is 5. The van der Waals surface area contributed by atoms with Gasteiger partial charge in [-0.1, -0.05) is 13.0 Å². The van der Waals surface area contributed by atoms with Crippen LogP contribution in [0.25, 0.3) is 0 Å². The average molecular weight is 478 g/mol. The Labute approximate surface area is 206 Å². The predicted molar refractivity (Wildman–Crippen MR) is 128 cm³/mol. The lowest BCUT2D eigenvalue weighted by atomic mass is 9.31. The number of furan rings is 1. The van der Waals surface area contributed by atoms with E-state index in [0.717, 1.165) is 50.1 Å². The third-order valence-corrected chi connectivity index (χ3v) is 11.6. The van der Waals surface area contributed by atoms with Crippen molar-refractivity contribution in [2.75, 3.05) is 20.2 Å². The minimum absolute atomic E-state index is 0.0312.